The molecule has 0 spiro atoms. The quantitative estimate of drug-likeness (QED) is 0.698. The molecule has 0 aromatic heterocycles. The molecule has 2 aromatic carbocycles. The summed E-state index contributed by atoms with van der Waals surface area (Å²) in [5, 5.41) is 2.93. The summed E-state index contributed by atoms with van der Waals surface area (Å²) >= 11 is 11.7. The van der Waals surface area contributed by atoms with Gasteiger partial charge in [-0.05, 0) is 49.2 Å². The van der Waals surface area contributed by atoms with E-state index in [1.807, 2.05) is 0 Å². The van der Waals surface area contributed by atoms with Crippen LogP contribution in [0.2, 0.25) is 10.0 Å². The lowest BCUT2D eigenvalue weighted by Crippen LogP contribution is -2.38. The van der Waals surface area contributed by atoms with E-state index in [1.165, 1.54) is 36.4 Å². The molecule has 2 amide bonds. The third-order valence-electron chi connectivity index (χ3n) is 4.44. The number of amides is 2. The molecule has 1 saturated heterocycles. The number of anilines is 1. The molecular formula is C19H19Cl2N3O4S. The Hall–Kier alpha value is -2.29. The molecule has 0 atom stereocenters. The van der Waals surface area contributed by atoms with Crippen molar-refractivity contribution in [3.05, 3.63) is 58.1 Å². The summed E-state index contributed by atoms with van der Waals surface area (Å²) < 4.78 is 27.5. The number of hydrogen-bond acceptors (Lipinski definition) is 4. The lowest BCUT2D eigenvalue weighted by Gasteiger charge is -2.15. The molecule has 10 heteroatoms. The van der Waals surface area contributed by atoms with Gasteiger partial charge in [-0.1, -0.05) is 29.3 Å². The number of halogens is 2. The van der Waals surface area contributed by atoms with Crippen molar-refractivity contribution in [2.24, 2.45) is 0 Å². The summed E-state index contributed by atoms with van der Waals surface area (Å²) in [6, 6.07) is 9.95. The Balaban J connectivity index is 1.67. The third kappa shape index (κ3) is 5.41. The SMILES string of the molecule is O=C(NCC(=O)N1CCCC1)c1cccc(NS(=O)(=O)c2ccc(Cl)c(Cl)c2)c1. The van der Waals surface area contributed by atoms with Gasteiger partial charge in [-0.15, -0.1) is 0 Å². The van der Waals surface area contributed by atoms with Crippen LogP contribution in [0, 0.1) is 0 Å². The summed E-state index contributed by atoms with van der Waals surface area (Å²) in [5.74, 6) is -0.597. The van der Waals surface area contributed by atoms with Crippen molar-refractivity contribution < 1.29 is 18.0 Å². The van der Waals surface area contributed by atoms with E-state index >= 15 is 0 Å². The van der Waals surface area contributed by atoms with Crippen molar-refractivity contribution in [1.29, 1.82) is 0 Å². The van der Waals surface area contributed by atoms with Crippen molar-refractivity contribution >= 4 is 50.7 Å². The number of hydrogen-bond donors (Lipinski definition) is 2. The molecule has 1 aliphatic heterocycles. The Bertz CT molecular complexity index is 1040. The monoisotopic (exact) mass is 455 g/mol. The van der Waals surface area contributed by atoms with Crippen molar-refractivity contribution in [3.63, 3.8) is 0 Å². The van der Waals surface area contributed by atoms with Crippen LogP contribution in [0.25, 0.3) is 0 Å². The number of nitrogens with zero attached hydrogens (tertiary/aromatic N) is 1. The van der Waals surface area contributed by atoms with E-state index in [0.29, 0.717) is 13.1 Å². The first-order chi connectivity index (χ1) is 13.8. The maximum Gasteiger partial charge on any atom is 0.261 e. The summed E-state index contributed by atoms with van der Waals surface area (Å²) in [4.78, 5) is 26.0. The van der Waals surface area contributed by atoms with Crippen molar-refractivity contribution in [1.82, 2.24) is 10.2 Å². The van der Waals surface area contributed by atoms with E-state index in [0.717, 1.165) is 12.8 Å². The first kappa shape index (κ1) is 21.4. The summed E-state index contributed by atoms with van der Waals surface area (Å²) in [6.07, 6.45) is 1.95. The number of rotatable bonds is 6. The zero-order valence-corrected chi connectivity index (χ0v) is 17.6. The highest BCUT2D eigenvalue weighted by Crippen LogP contribution is 2.26. The largest absolute Gasteiger partial charge is 0.343 e. The average molecular weight is 456 g/mol. The zero-order valence-electron chi connectivity index (χ0n) is 15.3. The standard InChI is InChI=1S/C19H19Cl2N3O4S/c20-16-7-6-15(11-17(16)21)29(27,28)23-14-5-3-4-13(10-14)19(26)22-12-18(25)24-8-1-2-9-24/h3-7,10-11,23H,1-2,8-9,12H2,(H,22,26). The molecule has 1 aliphatic rings. The topological polar surface area (TPSA) is 95.6 Å². The number of sulfonamides is 1. The van der Waals surface area contributed by atoms with Crippen LogP contribution in [0.3, 0.4) is 0 Å². The molecule has 154 valence electrons. The number of benzene rings is 2. The third-order valence-corrected chi connectivity index (χ3v) is 6.56. The van der Waals surface area contributed by atoms with Crippen LogP contribution >= 0.6 is 23.2 Å². The van der Waals surface area contributed by atoms with Gasteiger partial charge in [0.1, 0.15) is 0 Å². The smallest absolute Gasteiger partial charge is 0.261 e. The summed E-state index contributed by atoms with van der Waals surface area (Å²) in [7, 11) is -3.92. The van der Waals surface area contributed by atoms with Gasteiger partial charge in [-0.2, -0.15) is 0 Å². The van der Waals surface area contributed by atoms with Crippen LogP contribution in [-0.4, -0.2) is 44.8 Å². The Labute approximate surface area is 179 Å². The fourth-order valence-electron chi connectivity index (χ4n) is 2.92. The molecule has 1 heterocycles. The Morgan fingerprint density at radius 3 is 2.41 bits per heavy atom. The van der Waals surface area contributed by atoms with E-state index in [-0.39, 0.29) is 38.6 Å². The van der Waals surface area contributed by atoms with Gasteiger partial charge >= 0.3 is 0 Å². The van der Waals surface area contributed by atoms with Gasteiger partial charge in [-0.25, -0.2) is 8.42 Å². The van der Waals surface area contributed by atoms with Crippen molar-refractivity contribution in [2.75, 3.05) is 24.4 Å². The lowest BCUT2D eigenvalue weighted by molar-refractivity contribution is -0.129. The second-order valence-corrected chi connectivity index (χ2v) is 9.03. The van der Waals surface area contributed by atoms with Crippen LogP contribution in [0.1, 0.15) is 23.2 Å². The van der Waals surface area contributed by atoms with Gasteiger partial charge in [0.15, 0.2) is 0 Å². The Kier molecular flexibility index (Phi) is 6.66. The first-order valence-electron chi connectivity index (χ1n) is 8.90. The van der Waals surface area contributed by atoms with Gasteiger partial charge in [-0.3, -0.25) is 14.3 Å². The zero-order chi connectivity index (χ0) is 21.0. The molecule has 2 N–H and O–H groups in total. The number of carbonyl (C=O) groups excluding carboxylic acids is 2. The molecule has 0 saturated carbocycles. The highest BCUT2D eigenvalue weighted by Gasteiger charge is 2.19. The second-order valence-electron chi connectivity index (χ2n) is 6.53. The normalized spacial score (nSPS) is 13.9. The van der Waals surface area contributed by atoms with Crippen LogP contribution in [0.15, 0.2) is 47.4 Å². The minimum atomic E-state index is -3.92. The van der Waals surface area contributed by atoms with Crippen molar-refractivity contribution in [2.45, 2.75) is 17.7 Å². The Morgan fingerprint density at radius 1 is 1.00 bits per heavy atom. The van der Waals surface area contributed by atoms with Crippen LogP contribution in [0.4, 0.5) is 5.69 Å². The number of carbonyl (C=O) groups is 2. The van der Waals surface area contributed by atoms with E-state index in [4.69, 9.17) is 23.2 Å². The van der Waals surface area contributed by atoms with Crippen LogP contribution in [-0.2, 0) is 14.8 Å². The van der Waals surface area contributed by atoms with E-state index in [2.05, 4.69) is 10.0 Å². The van der Waals surface area contributed by atoms with Gasteiger partial charge in [0.05, 0.1) is 21.5 Å². The molecule has 0 radical (unpaired) electrons. The molecule has 0 bridgehead atoms. The highest BCUT2D eigenvalue weighted by molar-refractivity contribution is 7.92. The van der Waals surface area contributed by atoms with Gasteiger partial charge < -0.3 is 10.2 Å². The average Bonchev–Trinajstić information content (AvgIpc) is 3.22. The van der Waals surface area contributed by atoms with E-state index in [1.54, 1.807) is 11.0 Å². The maximum atomic E-state index is 12.5. The molecule has 0 unspecified atom stereocenters. The fraction of sp³-hybridized carbons (Fsp3) is 0.263. The fourth-order valence-corrected chi connectivity index (χ4v) is 4.36. The predicted octanol–water partition coefficient (Wildman–Crippen LogP) is 3.15. The number of nitrogens with one attached hydrogen (secondary N) is 2. The Morgan fingerprint density at radius 2 is 1.72 bits per heavy atom. The summed E-state index contributed by atoms with van der Waals surface area (Å²) in [5.41, 5.74) is 0.433. The van der Waals surface area contributed by atoms with Crippen LogP contribution in [0.5, 0.6) is 0 Å². The summed E-state index contributed by atoms with van der Waals surface area (Å²) in [6.45, 7) is 1.32. The highest BCUT2D eigenvalue weighted by atomic mass is 35.5. The second kappa shape index (κ2) is 9.02. The first-order valence-corrected chi connectivity index (χ1v) is 11.1. The molecule has 0 aliphatic carbocycles. The van der Waals surface area contributed by atoms with Crippen molar-refractivity contribution in [3.8, 4) is 0 Å². The van der Waals surface area contributed by atoms with Gasteiger partial charge in [0, 0.05) is 24.3 Å². The minimum Gasteiger partial charge on any atom is -0.343 e. The molecule has 3 rings (SSSR count). The predicted molar refractivity (Wildman–Crippen MR) is 112 cm³/mol. The molecule has 1 fully saturated rings. The lowest BCUT2D eigenvalue weighted by atomic mass is 10.2. The maximum absolute atomic E-state index is 12.5. The van der Waals surface area contributed by atoms with Crippen LogP contribution < -0.4 is 10.0 Å². The van der Waals surface area contributed by atoms with Gasteiger partial charge in [0.2, 0.25) is 5.91 Å². The van der Waals surface area contributed by atoms with E-state index < -0.39 is 15.9 Å². The van der Waals surface area contributed by atoms with E-state index in [9.17, 15) is 18.0 Å². The van der Waals surface area contributed by atoms with Gasteiger partial charge in [0.25, 0.3) is 15.9 Å². The molecule has 29 heavy (non-hydrogen) atoms. The molecule has 2 aromatic rings. The number of likely N-dealkylation sites (tertiary alicyclic amines) is 1. The molecule has 7 nitrogen and oxygen atoms in total. The molecular weight excluding hydrogens is 437 g/mol. The minimum absolute atomic E-state index is 0.0574.